The summed E-state index contributed by atoms with van der Waals surface area (Å²) < 4.78 is 0. The van der Waals surface area contributed by atoms with Crippen molar-refractivity contribution >= 4 is 0 Å². The van der Waals surface area contributed by atoms with Gasteiger partial charge in [0.25, 0.3) is 0 Å². The van der Waals surface area contributed by atoms with Gasteiger partial charge in [0, 0.05) is 5.56 Å². The second-order valence-corrected chi connectivity index (χ2v) is 4.90. The molecule has 0 saturated carbocycles. The summed E-state index contributed by atoms with van der Waals surface area (Å²) in [5.74, 6) is 0.391. The molecular weight excluding hydrogens is 232 g/mol. The molecule has 0 aliphatic carbocycles. The molecule has 2 aromatic rings. The molecule has 0 unspecified atom stereocenters. The Morgan fingerprint density at radius 2 is 1.37 bits per heavy atom. The van der Waals surface area contributed by atoms with Gasteiger partial charge < -0.3 is 5.11 Å². The quantitative estimate of drug-likeness (QED) is 0.835. The zero-order valence-corrected chi connectivity index (χ0v) is 12.0. The second kappa shape index (κ2) is 5.92. The van der Waals surface area contributed by atoms with Crippen LogP contribution in [-0.4, -0.2) is 5.11 Å². The minimum absolute atomic E-state index is 0.391. The molecule has 0 saturated heterocycles. The van der Waals surface area contributed by atoms with Gasteiger partial charge in [-0.15, -0.1) is 0 Å². The van der Waals surface area contributed by atoms with Crippen LogP contribution in [0.1, 0.15) is 37.5 Å². The van der Waals surface area contributed by atoms with Gasteiger partial charge in [0.1, 0.15) is 5.75 Å². The van der Waals surface area contributed by atoms with Crippen LogP contribution in [-0.2, 0) is 19.3 Å². The summed E-state index contributed by atoms with van der Waals surface area (Å²) in [4.78, 5) is 0. The van der Waals surface area contributed by atoms with Crippen LogP contribution in [0.25, 0.3) is 11.1 Å². The molecule has 0 fully saturated rings. The second-order valence-electron chi connectivity index (χ2n) is 4.90. The number of benzene rings is 2. The summed E-state index contributed by atoms with van der Waals surface area (Å²) in [6.07, 6.45) is 2.95. The maximum atomic E-state index is 10.3. The van der Waals surface area contributed by atoms with E-state index >= 15 is 0 Å². The van der Waals surface area contributed by atoms with Crippen molar-refractivity contribution in [1.29, 1.82) is 0 Å². The van der Waals surface area contributed by atoms with Crippen LogP contribution < -0.4 is 0 Å². The first-order valence-corrected chi connectivity index (χ1v) is 7.13. The fourth-order valence-electron chi connectivity index (χ4n) is 2.43. The van der Waals surface area contributed by atoms with Crippen molar-refractivity contribution in [2.45, 2.75) is 40.0 Å². The van der Waals surface area contributed by atoms with E-state index in [2.05, 4.69) is 45.0 Å². The average Bonchev–Trinajstić information content (AvgIpc) is 2.46. The number of aryl methyl sites for hydroxylation is 3. The molecule has 19 heavy (non-hydrogen) atoms. The first-order valence-electron chi connectivity index (χ1n) is 7.13. The fourth-order valence-corrected chi connectivity index (χ4v) is 2.43. The highest BCUT2D eigenvalue weighted by Gasteiger charge is 2.09. The predicted molar refractivity (Wildman–Crippen MR) is 81.7 cm³/mol. The largest absolute Gasteiger partial charge is 0.507 e. The predicted octanol–water partition coefficient (Wildman–Crippen LogP) is 4.75. The van der Waals surface area contributed by atoms with E-state index in [-0.39, 0.29) is 0 Å². The molecule has 0 radical (unpaired) electrons. The minimum atomic E-state index is 0.391. The normalized spacial score (nSPS) is 10.7. The Labute approximate surface area is 115 Å². The Kier molecular flexibility index (Phi) is 4.26. The van der Waals surface area contributed by atoms with Crippen molar-refractivity contribution in [3.05, 3.63) is 53.1 Å². The summed E-state index contributed by atoms with van der Waals surface area (Å²) in [6, 6.07) is 12.6. The summed E-state index contributed by atoms with van der Waals surface area (Å²) in [6.45, 7) is 6.41. The summed E-state index contributed by atoms with van der Waals surface area (Å²) in [5, 5.41) is 10.3. The van der Waals surface area contributed by atoms with Gasteiger partial charge in [-0.25, -0.2) is 0 Å². The number of hydrogen-bond donors (Lipinski definition) is 1. The van der Waals surface area contributed by atoms with Crippen molar-refractivity contribution in [3.63, 3.8) is 0 Å². The molecule has 0 aliphatic rings. The van der Waals surface area contributed by atoms with Crippen LogP contribution >= 0.6 is 0 Å². The third kappa shape index (κ3) is 2.81. The van der Waals surface area contributed by atoms with Crippen LogP contribution in [0.4, 0.5) is 0 Å². The lowest BCUT2D eigenvalue weighted by Gasteiger charge is -2.12. The third-order valence-corrected chi connectivity index (χ3v) is 3.72. The van der Waals surface area contributed by atoms with E-state index in [4.69, 9.17) is 0 Å². The average molecular weight is 254 g/mol. The van der Waals surface area contributed by atoms with Gasteiger partial charge in [0.15, 0.2) is 0 Å². The van der Waals surface area contributed by atoms with Crippen LogP contribution in [0.5, 0.6) is 5.75 Å². The molecule has 1 N–H and O–H groups in total. The van der Waals surface area contributed by atoms with Gasteiger partial charge >= 0.3 is 0 Å². The minimum Gasteiger partial charge on any atom is -0.507 e. The van der Waals surface area contributed by atoms with Gasteiger partial charge in [-0.1, -0.05) is 51.1 Å². The van der Waals surface area contributed by atoms with Gasteiger partial charge in [0.2, 0.25) is 0 Å². The first-order chi connectivity index (χ1) is 9.19. The van der Waals surface area contributed by atoms with Gasteiger partial charge in [-0.2, -0.15) is 0 Å². The van der Waals surface area contributed by atoms with E-state index in [1.54, 1.807) is 0 Å². The SMILES string of the molecule is CCc1ccc(-c2cc(CC)ccc2CC)c(O)c1. The molecule has 0 bridgehead atoms. The smallest absolute Gasteiger partial charge is 0.123 e. The summed E-state index contributed by atoms with van der Waals surface area (Å²) >= 11 is 0. The van der Waals surface area contributed by atoms with Crippen LogP contribution in [0.3, 0.4) is 0 Å². The summed E-state index contributed by atoms with van der Waals surface area (Å²) in [7, 11) is 0. The number of phenols is 1. The summed E-state index contributed by atoms with van der Waals surface area (Å²) in [5.41, 5.74) is 5.89. The van der Waals surface area contributed by atoms with E-state index in [1.807, 2.05) is 12.1 Å². The molecule has 2 aromatic carbocycles. The molecule has 0 heterocycles. The van der Waals surface area contributed by atoms with E-state index in [9.17, 15) is 5.11 Å². The molecule has 1 nitrogen and oxygen atoms in total. The lowest BCUT2D eigenvalue weighted by atomic mass is 9.93. The van der Waals surface area contributed by atoms with Crippen molar-refractivity contribution < 1.29 is 5.11 Å². The monoisotopic (exact) mass is 254 g/mol. The fraction of sp³-hybridized carbons (Fsp3) is 0.333. The van der Waals surface area contributed by atoms with Gasteiger partial charge in [-0.05, 0) is 47.6 Å². The molecule has 2 rings (SSSR count). The molecule has 100 valence electrons. The van der Waals surface area contributed by atoms with E-state index in [1.165, 1.54) is 22.3 Å². The van der Waals surface area contributed by atoms with Crippen LogP contribution in [0.2, 0.25) is 0 Å². The highest BCUT2D eigenvalue weighted by atomic mass is 16.3. The molecule has 0 atom stereocenters. The molecule has 1 heteroatoms. The van der Waals surface area contributed by atoms with Crippen molar-refractivity contribution in [2.24, 2.45) is 0 Å². The highest BCUT2D eigenvalue weighted by molar-refractivity contribution is 5.74. The van der Waals surface area contributed by atoms with Crippen LogP contribution in [0, 0.1) is 0 Å². The molecule has 0 aromatic heterocycles. The Balaban J connectivity index is 2.56. The Bertz CT molecular complexity index is 570. The van der Waals surface area contributed by atoms with Crippen molar-refractivity contribution in [1.82, 2.24) is 0 Å². The number of hydrogen-bond acceptors (Lipinski definition) is 1. The highest BCUT2D eigenvalue weighted by Crippen LogP contribution is 2.33. The Morgan fingerprint density at radius 1 is 0.737 bits per heavy atom. The topological polar surface area (TPSA) is 20.2 Å². The zero-order valence-electron chi connectivity index (χ0n) is 12.0. The van der Waals surface area contributed by atoms with E-state index in [0.29, 0.717) is 5.75 Å². The van der Waals surface area contributed by atoms with E-state index < -0.39 is 0 Å². The third-order valence-electron chi connectivity index (χ3n) is 3.72. The van der Waals surface area contributed by atoms with Crippen molar-refractivity contribution in [3.8, 4) is 16.9 Å². The molecule has 0 aliphatic heterocycles. The lowest BCUT2D eigenvalue weighted by molar-refractivity contribution is 0.476. The van der Waals surface area contributed by atoms with Gasteiger partial charge in [0.05, 0.1) is 0 Å². The first kappa shape index (κ1) is 13.7. The van der Waals surface area contributed by atoms with Crippen molar-refractivity contribution in [2.75, 3.05) is 0 Å². The van der Waals surface area contributed by atoms with Crippen LogP contribution in [0.15, 0.2) is 36.4 Å². The Morgan fingerprint density at radius 3 is 1.95 bits per heavy atom. The lowest BCUT2D eigenvalue weighted by Crippen LogP contribution is -1.92. The maximum Gasteiger partial charge on any atom is 0.123 e. The molecular formula is C18H22O. The zero-order chi connectivity index (χ0) is 13.8. The molecule has 0 amide bonds. The molecule has 0 spiro atoms. The number of aromatic hydroxyl groups is 1. The standard InChI is InChI=1S/C18H22O/c1-4-13-7-9-15(6-3)17(11-13)16-10-8-14(5-2)12-18(16)19/h7-12,19H,4-6H2,1-3H3. The van der Waals surface area contributed by atoms with E-state index in [0.717, 1.165) is 24.8 Å². The maximum absolute atomic E-state index is 10.3. The van der Waals surface area contributed by atoms with Gasteiger partial charge in [-0.3, -0.25) is 0 Å². The number of phenolic OH excluding ortho intramolecular Hbond substituents is 1. The Hall–Kier alpha value is -1.76. The number of rotatable bonds is 4.